The molecule has 4 nitrogen and oxygen atoms in total. The second-order valence-electron chi connectivity index (χ2n) is 4.82. The third-order valence-corrected chi connectivity index (χ3v) is 2.82. The van der Waals surface area contributed by atoms with Gasteiger partial charge in [-0.25, -0.2) is 0 Å². The van der Waals surface area contributed by atoms with Gasteiger partial charge in [0.1, 0.15) is 12.3 Å². The second-order valence-corrected chi connectivity index (χ2v) is 4.82. The van der Waals surface area contributed by atoms with Gasteiger partial charge in [0.2, 0.25) is 5.91 Å². The molecule has 0 spiro atoms. The summed E-state index contributed by atoms with van der Waals surface area (Å²) in [5.74, 6) is 0.890. The molecule has 0 atom stereocenters. The summed E-state index contributed by atoms with van der Waals surface area (Å²) in [6.45, 7) is 6.88. The molecule has 0 saturated carbocycles. The molecule has 2 aromatic rings. The first-order chi connectivity index (χ1) is 9.10. The molecule has 0 aliphatic heterocycles. The zero-order valence-corrected chi connectivity index (χ0v) is 11.6. The van der Waals surface area contributed by atoms with Crippen LogP contribution >= 0.6 is 0 Å². The van der Waals surface area contributed by atoms with Crippen molar-refractivity contribution in [1.29, 1.82) is 0 Å². The number of nitrogens with one attached hydrogen (secondary N) is 1. The van der Waals surface area contributed by atoms with E-state index in [0.717, 1.165) is 16.7 Å². The van der Waals surface area contributed by atoms with Crippen LogP contribution in [0.15, 0.2) is 30.5 Å². The number of carbonyl (C=O) groups excluding carboxylic acids is 1. The smallest absolute Gasteiger partial charge is 0.240 e. The molecule has 1 N–H and O–H groups in total. The van der Waals surface area contributed by atoms with Gasteiger partial charge >= 0.3 is 0 Å². The summed E-state index contributed by atoms with van der Waals surface area (Å²) in [6, 6.07) is 8.08. The highest BCUT2D eigenvalue weighted by Gasteiger charge is 2.07. The van der Waals surface area contributed by atoms with E-state index in [1.165, 1.54) is 0 Å². The molecule has 1 heterocycles. The summed E-state index contributed by atoms with van der Waals surface area (Å²) >= 11 is 0. The van der Waals surface area contributed by atoms with E-state index in [-0.39, 0.29) is 11.9 Å². The molecule has 0 saturated heterocycles. The Morgan fingerprint density at radius 2 is 2.16 bits per heavy atom. The number of benzene rings is 1. The fourth-order valence-corrected chi connectivity index (χ4v) is 2.09. The maximum atomic E-state index is 11.8. The van der Waals surface area contributed by atoms with E-state index in [9.17, 15) is 4.79 Å². The number of rotatable bonds is 5. The van der Waals surface area contributed by atoms with Crippen molar-refractivity contribution < 1.29 is 9.53 Å². The summed E-state index contributed by atoms with van der Waals surface area (Å²) in [5, 5.41) is 3.98. The van der Waals surface area contributed by atoms with Gasteiger partial charge < -0.3 is 14.6 Å². The molecule has 0 radical (unpaired) electrons. The molecule has 102 valence electrons. The van der Waals surface area contributed by atoms with Gasteiger partial charge in [0, 0.05) is 23.1 Å². The van der Waals surface area contributed by atoms with E-state index in [1.807, 2.05) is 55.8 Å². The van der Waals surface area contributed by atoms with E-state index in [0.29, 0.717) is 13.2 Å². The Balaban J connectivity index is 2.18. The number of aromatic nitrogens is 1. The second kappa shape index (κ2) is 5.78. The van der Waals surface area contributed by atoms with Gasteiger partial charge in [-0.05, 0) is 45.0 Å². The van der Waals surface area contributed by atoms with Gasteiger partial charge in [-0.3, -0.25) is 4.79 Å². The van der Waals surface area contributed by atoms with E-state index in [4.69, 9.17) is 4.74 Å². The normalized spacial score (nSPS) is 10.9. The minimum Gasteiger partial charge on any atom is -0.494 e. The van der Waals surface area contributed by atoms with Crippen molar-refractivity contribution >= 4 is 16.8 Å². The molecule has 1 aromatic heterocycles. The zero-order chi connectivity index (χ0) is 13.8. The van der Waals surface area contributed by atoms with Crippen LogP contribution in [0.1, 0.15) is 20.8 Å². The van der Waals surface area contributed by atoms with Crippen molar-refractivity contribution in [3.05, 3.63) is 30.5 Å². The van der Waals surface area contributed by atoms with Crippen molar-refractivity contribution in [1.82, 2.24) is 9.88 Å². The monoisotopic (exact) mass is 260 g/mol. The highest BCUT2D eigenvalue weighted by Crippen LogP contribution is 2.22. The standard InChI is InChI=1S/C15H20N2O2/c1-4-19-13-5-6-14-12(9-13)7-8-17(14)10-15(18)16-11(2)3/h5-9,11H,4,10H2,1-3H3,(H,16,18). The minimum atomic E-state index is 0.0291. The molecule has 0 fully saturated rings. The average Bonchev–Trinajstić information content (AvgIpc) is 2.71. The fourth-order valence-electron chi connectivity index (χ4n) is 2.09. The summed E-state index contributed by atoms with van der Waals surface area (Å²) in [6.07, 6.45) is 1.93. The fraction of sp³-hybridized carbons (Fsp3) is 0.400. The molecule has 4 heteroatoms. The average molecular weight is 260 g/mol. The molecular weight excluding hydrogens is 240 g/mol. The van der Waals surface area contributed by atoms with E-state index < -0.39 is 0 Å². The number of ether oxygens (including phenoxy) is 1. The maximum absolute atomic E-state index is 11.8. The van der Waals surface area contributed by atoms with E-state index in [1.54, 1.807) is 0 Å². The lowest BCUT2D eigenvalue weighted by atomic mass is 10.2. The molecule has 0 aliphatic rings. The molecule has 0 unspecified atom stereocenters. The van der Waals surface area contributed by atoms with Crippen molar-refractivity contribution in [2.75, 3.05) is 6.61 Å². The molecule has 1 amide bonds. The molecular formula is C15H20N2O2. The number of carbonyl (C=O) groups is 1. The summed E-state index contributed by atoms with van der Waals surface area (Å²) in [4.78, 5) is 11.8. The third-order valence-electron chi connectivity index (χ3n) is 2.82. The van der Waals surface area contributed by atoms with Crippen molar-refractivity contribution in [3.8, 4) is 5.75 Å². The number of fused-ring (bicyclic) bond motifs is 1. The van der Waals surface area contributed by atoms with Crippen LogP contribution in [0.4, 0.5) is 0 Å². The number of hydrogen-bond acceptors (Lipinski definition) is 2. The third kappa shape index (κ3) is 3.28. The Bertz CT molecular complexity index is 573. The first-order valence-electron chi connectivity index (χ1n) is 6.61. The van der Waals surface area contributed by atoms with Crippen LogP contribution in [0.25, 0.3) is 10.9 Å². The van der Waals surface area contributed by atoms with Gasteiger partial charge in [-0.1, -0.05) is 0 Å². The van der Waals surface area contributed by atoms with Gasteiger partial charge in [0.15, 0.2) is 0 Å². The highest BCUT2D eigenvalue weighted by atomic mass is 16.5. The van der Waals surface area contributed by atoms with Crippen LogP contribution in [0, 0.1) is 0 Å². The number of amides is 1. The van der Waals surface area contributed by atoms with Gasteiger partial charge in [0.25, 0.3) is 0 Å². The molecule has 1 aromatic carbocycles. The van der Waals surface area contributed by atoms with Gasteiger partial charge in [-0.15, -0.1) is 0 Å². The summed E-state index contributed by atoms with van der Waals surface area (Å²) in [5.41, 5.74) is 1.04. The largest absolute Gasteiger partial charge is 0.494 e. The van der Waals surface area contributed by atoms with Crippen LogP contribution in [0.2, 0.25) is 0 Å². The number of hydrogen-bond donors (Lipinski definition) is 1. The van der Waals surface area contributed by atoms with Crippen molar-refractivity contribution in [2.45, 2.75) is 33.4 Å². The molecule has 0 bridgehead atoms. The van der Waals surface area contributed by atoms with Crippen molar-refractivity contribution in [3.63, 3.8) is 0 Å². The lowest BCUT2D eigenvalue weighted by Gasteiger charge is -2.10. The van der Waals surface area contributed by atoms with Gasteiger partial charge in [0.05, 0.1) is 6.61 Å². The quantitative estimate of drug-likeness (QED) is 0.898. The predicted octanol–water partition coefficient (Wildman–Crippen LogP) is 2.56. The van der Waals surface area contributed by atoms with E-state index >= 15 is 0 Å². The van der Waals surface area contributed by atoms with Crippen LogP contribution < -0.4 is 10.1 Å². The van der Waals surface area contributed by atoms with Crippen LogP contribution in [0.5, 0.6) is 5.75 Å². The first kappa shape index (κ1) is 13.5. The number of nitrogens with zero attached hydrogens (tertiary/aromatic N) is 1. The lowest BCUT2D eigenvalue weighted by molar-refractivity contribution is -0.122. The first-order valence-corrected chi connectivity index (χ1v) is 6.61. The molecule has 19 heavy (non-hydrogen) atoms. The van der Waals surface area contributed by atoms with Crippen LogP contribution in [0.3, 0.4) is 0 Å². The van der Waals surface area contributed by atoms with Crippen molar-refractivity contribution in [2.24, 2.45) is 0 Å². The Kier molecular flexibility index (Phi) is 4.10. The van der Waals surface area contributed by atoms with Crippen LogP contribution in [-0.2, 0) is 11.3 Å². The SMILES string of the molecule is CCOc1ccc2c(ccn2CC(=O)NC(C)C)c1. The highest BCUT2D eigenvalue weighted by molar-refractivity contribution is 5.84. The predicted molar refractivity (Wildman–Crippen MR) is 76.4 cm³/mol. The molecule has 0 aliphatic carbocycles. The molecule has 2 rings (SSSR count). The van der Waals surface area contributed by atoms with Gasteiger partial charge in [-0.2, -0.15) is 0 Å². The van der Waals surface area contributed by atoms with Crippen LogP contribution in [-0.4, -0.2) is 23.1 Å². The minimum absolute atomic E-state index is 0.0291. The maximum Gasteiger partial charge on any atom is 0.240 e. The Hall–Kier alpha value is -1.97. The Morgan fingerprint density at radius 3 is 2.84 bits per heavy atom. The zero-order valence-electron chi connectivity index (χ0n) is 11.6. The van der Waals surface area contributed by atoms with E-state index in [2.05, 4.69) is 5.32 Å². The topological polar surface area (TPSA) is 43.3 Å². The Labute approximate surface area is 113 Å². The lowest BCUT2D eigenvalue weighted by Crippen LogP contribution is -2.32. The summed E-state index contributed by atoms with van der Waals surface area (Å²) in [7, 11) is 0. The summed E-state index contributed by atoms with van der Waals surface area (Å²) < 4.78 is 7.42. The Morgan fingerprint density at radius 1 is 1.37 bits per heavy atom.